The molecule has 1 aromatic carbocycles. The highest BCUT2D eigenvalue weighted by atomic mass is 28.2. The summed E-state index contributed by atoms with van der Waals surface area (Å²) in [5.74, 6) is 0. The van der Waals surface area contributed by atoms with Crippen LogP contribution in [0.25, 0.3) is 0 Å². The van der Waals surface area contributed by atoms with Crippen LogP contribution in [0.3, 0.4) is 0 Å². The molecule has 2 nitrogen and oxygen atoms in total. The van der Waals surface area contributed by atoms with Gasteiger partial charge in [0.1, 0.15) is 0 Å². The molecule has 0 aromatic heterocycles. The van der Waals surface area contributed by atoms with E-state index in [1.54, 1.807) is 0 Å². The molecule has 0 spiro atoms. The zero-order valence-electron chi connectivity index (χ0n) is 9.74. The van der Waals surface area contributed by atoms with Gasteiger partial charge in [-0.25, -0.2) is 0 Å². The van der Waals surface area contributed by atoms with E-state index < -0.39 is 0 Å². The van der Waals surface area contributed by atoms with Crippen LogP contribution in [0.15, 0.2) is 30.3 Å². The van der Waals surface area contributed by atoms with Gasteiger partial charge < -0.3 is 11.1 Å². The van der Waals surface area contributed by atoms with Crippen LogP contribution in [0.4, 0.5) is 0 Å². The summed E-state index contributed by atoms with van der Waals surface area (Å²) in [6.07, 6.45) is 1.11. The van der Waals surface area contributed by atoms with E-state index in [4.69, 9.17) is 5.73 Å². The first kappa shape index (κ1) is 12.4. The minimum Gasteiger partial charge on any atom is -0.331 e. The molecule has 0 amide bonds. The Hall–Kier alpha value is -0.643. The highest BCUT2D eigenvalue weighted by molar-refractivity contribution is 6.39. The third-order valence-corrected chi connectivity index (χ3v) is 4.86. The molecule has 1 rings (SSSR count). The first-order chi connectivity index (χ1) is 7.22. The average molecular weight is 222 g/mol. The van der Waals surface area contributed by atoms with Crippen LogP contribution in [0.2, 0.25) is 0 Å². The predicted molar refractivity (Wildman–Crippen MR) is 69.6 cm³/mol. The minimum atomic E-state index is -0.189. The van der Waals surface area contributed by atoms with E-state index in [-0.39, 0.29) is 9.52 Å². The lowest BCUT2D eigenvalue weighted by atomic mass is 10.2. The molecule has 0 radical (unpaired) electrons. The molecule has 3 N–H and O–H groups in total. The fourth-order valence-electron chi connectivity index (χ4n) is 1.59. The minimum absolute atomic E-state index is 0.189. The van der Waals surface area contributed by atoms with Crippen molar-refractivity contribution in [3.8, 4) is 0 Å². The molecule has 1 aromatic rings. The maximum absolute atomic E-state index is 5.96. The maximum Gasteiger partial charge on any atom is 0.0596 e. The summed E-state index contributed by atoms with van der Waals surface area (Å²) in [4.78, 5) is 0. The molecule has 0 fully saturated rings. The number of nitrogens with two attached hydrogens (primary N) is 1. The highest BCUT2D eigenvalue weighted by Crippen LogP contribution is 1.98. The summed E-state index contributed by atoms with van der Waals surface area (Å²) >= 11 is 0. The largest absolute Gasteiger partial charge is 0.331 e. The second-order valence-corrected chi connectivity index (χ2v) is 6.92. The molecule has 84 valence electrons. The Morgan fingerprint density at radius 1 is 1.33 bits per heavy atom. The van der Waals surface area contributed by atoms with Gasteiger partial charge in [0.25, 0.3) is 0 Å². The van der Waals surface area contributed by atoms with E-state index in [1.165, 1.54) is 5.56 Å². The molecule has 2 atom stereocenters. The van der Waals surface area contributed by atoms with Gasteiger partial charge in [-0.2, -0.15) is 0 Å². The molecule has 3 heteroatoms. The fourth-order valence-corrected chi connectivity index (χ4v) is 3.14. The molecule has 0 heterocycles. The zero-order chi connectivity index (χ0) is 11.1. The summed E-state index contributed by atoms with van der Waals surface area (Å²) in [5, 5.41) is 3.55. The lowest BCUT2D eigenvalue weighted by Gasteiger charge is -2.16. The van der Waals surface area contributed by atoms with Crippen LogP contribution >= 0.6 is 0 Å². The number of rotatable bonds is 6. The molecular formula is C12H22N2Si. The van der Waals surface area contributed by atoms with Crippen molar-refractivity contribution in [1.82, 2.24) is 5.32 Å². The van der Waals surface area contributed by atoms with Crippen molar-refractivity contribution in [2.24, 2.45) is 5.73 Å². The van der Waals surface area contributed by atoms with Crippen molar-refractivity contribution in [3.05, 3.63) is 35.9 Å². The first-order valence-electron chi connectivity index (χ1n) is 5.75. The van der Waals surface area contributed by atoms with Crippen molar-refractivity contribution >= 4 is 9.52 Å². The SMILES string of the molecule is CCC(N)[SiH2]C(C)NCc1ccccc1. The third-order valence-electron chi connectivity index (χ3n) is 2.68. The monoisotopic (exact) mass is 222 g/mol. The number of nitrogens with one attached hydrogen (secondary N) is 1. The molecule has 15 heavy (non-hydrogen) atoms. The molecule has 0 saturated carbocycles. The van der Waals surface area contributed by atoms with Crippen LogP contribution in [-0.2, 0) is 6.54 Å². The molecule has 0 saturated heterocycles. The van der Waals surface area contributed by atoms with Gasteiger partial charge >= 0.3 is 0 Å². The quantitative estimate of drug-likeness (QED) is 0.704. The van der Waals surface area contributed by atoms with Gasteiger partial charge in [-0.05, 0) is 23.3 Å². The lowest BCUT2D eigenvalue weighted by molar-refractivity contribution is 0.659. The fraction of sp³-hybridized carbons (Fsp3) is 0.500. The summed E-state index contributed by atoms with van der Waals surface area (Å²) < 4.78 is 0. The maximum atomic E-state index is 5.96. The van der Waals surface area contributed by atoms with Crippen molar-refractivity contribution < 1.29 is 0 Å². The van der Waals surface area contributed by atoms with Crippen molar-refractivity contribution in [2.45, 2.75) is 38.1 Å². The van der Waals surface area contributed by atoms with Gasteiger partial charge in [0.15, 0.2) is 0 Å². The average Bonchev–Trinajstić information content (AvgIpc) is 2.27. The van der Waals surface area contributed by atoms with Gasteiger partial charge in [-0.15, -0.1) is 0 Å². The Kier molecular flexibility index (Phi) is 5.61. The topological polar surface area (TPSA) is 38.0 Å². The second-order valence-electron chi connectivity index (χ2n) is 4.17. The smallest absolute Gasteiger partial charge is 0.0596 e. The van der Waals surface area contributed by atoms with E-state index in [2.05, 4.69) is 49.5 Å². The Bertz CT molecular complexity index is 264. The summed E-state index contributed by atoms with van der Waals surface area (Å²) in [6, 6.07) is 10.5. The Labute approximate surface area is 95.1 Å². The zero-order valence-corrected chi connectivity index (χ0v) is 11.2. The molecule has 0 aliphatic rings. The number of hydrogen-bond acceptors (Lipinski definition) is 2. The van der Waals surface area contributed by atoms with Gasteiger partial charge in [0, 0.05) is 6.54 Å². The van der Waals surface area contributed by atoms with E-state index in [0.717, 1.165) is 13.0 Å². The molecule has 0 aliphatic carbocycles. The van der Waals surface area contributed by atoms with E-state index in [1.807, 2.05) is 0 Å². The van der Waals surface area contributed by atoms with Crippen molar-refractivity contribution in [2.75, 3.05) is 0 Å². The second kappa shape index (κ2) is 6.77. The van der Waals surface area contributed by atoms with E-state index in [9.17, 15) is 0 Å². The van der Waals surface area contributed by atoms with Gasteiger partial charge in [0.2, 0.25) is 0 Å². The summed E-state index contributed by atoms with van der Waals surface area (Å²) in [5.41, 5.74) is 8.40. The number of benzene rings is 1. The normalized spacial score (nSPS) is 15.7. The molecule has 0 aliphatic heterocycles. The summed E-state index contributed by atoms with van der Waals surface area (Å²) in [6.45, 7) is 5.39. The number of hydrogen-bond donors (Lipinski definition) is 2. The summed E-state index contributed by atoms with van der Waals surface area (Å²) in [7, 11) is -0.189. The van der Waals surface area contributed by atoms with Crippen LogP contribution in [0, 0.1) is 0 Å². The van der Waals surface area contributed by atoms with Gasteiger partial charge in [-0.3, -0.25) is 0 Å². The molecule has 2 unspecified atom stereocenters. The van der Waals surface area contributed by atoms with Crippen LogP contribution in [0.5, 0.6) is 0 Å². The third kappa shape index (κ3) is 5.11. The van der Waals surface area contributed by atoms with Crippen molar-refractivity contribution in [1.29, 1.82) is 0 Å². The lowest BCUT2D eigenvalue weighted by Crippen LogP contribution is -2.41. The van der Waals surface area contributed by atoms with Crippen LogP contribution in [0.1, 0.15) is 25.8 Å². The molecular weight excluding hydrogens is 200 g/mol. The van der Waals surface area contributed by atoms with E-state index >= 15 is 0 Å². The van der Waals surface area contributed by atoms with E-state index in [0.29, 0.717) is 11.3 Å². The van der Waals surface area contributed by atoms with Crippen LogP contribution in [-0.4, -0.2) is 20.8 Å². The first-order valence-corrected chi connectivity index (χ1v) is 7.38. The molecule has 0 bridgehead atoms. The van der Waals surface area contributed by atoms with Gasteiger partial charge in [-0.1, -0.05) is 44.2 Å². The Morgan fingerprint density at radius 2 is 2.00 bits per heavy atom. The predicted octanol–water partition coefficient (Wildman–Crippen LogP) is 0.986. The highest BCUT2D eigenvalue weighted by Gasteiger charge is 2.07. The standard InChI is InChI=1S/C12H22N2Si/c1-3-12(13)15-10(2)14-9-11-7-5-4-6-8-11/h4-8,10,12,14H,3,9,13,15H2,1-2H3. The van der Waals surface area contributed by atoms with Crippen LogP contribution < -0.4 is 11.1 Å². The Morgan fingerprint density at radius 3 is 2.60 bits per heavy atom. The Balaban J connectivity index is 2.25. The van der Waals surface area contributed by atoms with Gasteiger partial charge in [0.05, 0.1) is 9.52 Å². The van der Waals surface area contributed by atoms with Crippen molar-refractivity contribution in [3.63, 3.8) is 0 Å².